The molecule has 0 aromatic carbocycles. The number of carboxylic acids is 1. The van der Waals surface area contributed by atoms with Crippen molar-refractivity contribution in [2.45, 2.75) is 38.7 Å². The molecule has 1 saturated heterocycles. The van der Waals surface area contributed by atoms with Gasteiger partial charge < -0.3 is 20.1 Å². The first-order valence-corrected chi connectivity index (χ1v) is 7.13. The lowest BCUT2D eigenvalue weighted by atomic mass is 9.96. The van der Waals surface area contributed by atoms with Gasteiger partial charge in [0.2, 0.25) is 0 Å². The maximum atomic E-state index is 10.5. The molecular weight excluding hydrogens is 244 g/mol. The van der Waals surface area contributed by atoms with Crippen LogP contribution in [0.15, 0.2) is 0 Å². The number of nitrogens with zero attached hydrogens (tertiary/aromatic N) is 1. The van der Waals surface area contributed by atoms with E-state index in [-0.39, 0.29) is 12.1 Å². The van der Waals surface area contributed by atoms with Crippen molar-refractivity contribution in [3.05, 3.63) is 0 Å². The van der Waals surface area contributed by atoms with Gasteiger partial charge in [0.25, 0.3) is 0 Å². The van der Waals surface area contributed by atoms with Crippen molar-refractivity contribution < 1.29 is 14.6 Å². The fourth-order valence-corrected chi connectivity index (χ4v) is 2.43. The van der Waals surface area contributed by atoms with Gasteiger partial charge in [-0.25, -0.2) is 0 Å². The Kier molecular flexibility index (Phi) is 6.75. The molecule has 5 heteroatoms. The Bertz CT molecular complexity index is 282. The SMILES string of the molecule is COC(C)(C)CCN1CCCC(CNCC(=O)O)C1. The van der Waals surface area contributed by atoms with Crippen LogP contribution in [0.5, 0.6) is 0 Å². The zero-order chi connectivity index (χ0) is 14.3. The molecule has 0 spiro atoms. The molecule has 0 bridgehead atoms. The minimum Gasteiger partial charge on any atom is -0.480 e. The Hall–Kier alpha value is -0.650. The van der Waals surface area contributed by atoms with E-state index >= 15 is 0 Å². The van der Waals surface area contributed by atoms with Crippen molar-refractivity contribution in [2.75, 3.05) is 39.8 Å². The summed E-state index contributed by atoms with van der Waals surface area (Å²) in [6, 6.07) is 0. The first kappa shape index (κ1) is 16.4. The average Bonchev–Trinajstić information content (AvgIpc) is 2.37. The van der Waals surface area contributed by atoms with Crippen molar-refractivity contribution >= 4 is 5.97 Å². The summed E-state index contributed by atoms with van der Waals surface area (Å²) in [5, 5.41) is 11.6. The number of carboxylic acid groups (broad SMARTS) is 1. The van der Waals surface area contributed by atoms with Gasteiger partial charge in [0.15, 0.2) is 0 Å². The van der Waals surface area contributed by atoms with E-state index in [4.69, 9.17) is 9.84 Å². The van der Waals surface area contributed by atoms with Crippen LogP contribution < -0.4 is 5.32 Å². The Morgan fingerprint density at radius 1 is 1.53 bits per heavy atom. The van der Waals surface area contributed by atoms with E-state index in [2.05, 4.69) is 24.1 Å². The summed E-state index contributed by atoms with van der Waals surface area (Å²) < 4.78 is 5.44. The fraction of sp³-hybridized carbons (Fsp3) is 0.929. The smallest absolute Gasteiger partial charge is 0.317 e. The molecular formula is C14H28N2O3. The van der Waals surface area contributed by atoms with Crippen molar-refractivity contribution in [1.82, 2.24) is 10.2 Å². The first-order chi connectivity index (χ1) is 8.93. The number of hydrogen-bond acceptors (Lipinski definition) is 4. The lowest BCUT2D eigenvalue weighted by molar-refractivity contribution is -0.136. The Labute approximate surface area is 116 Å². The van der Waals surface area contributed by atoms with Gasteiger partial charge in [0, 0.05) is 20.2 Å². The molecule has 5 nitrogen and oxygen atoms in total. The van der Waals surface area contributed by atoms with Gasteiger partial charge in [-0.15, -0.1) is 0 Å². The summed E-state index contributed by atoms with van der Waals surface area (Å²) in [6.45, 7) is 8.35. The van der Waals surface area contributed by atoms with E-state index in [1.54, 1.807) is 7.11 Å². The Morgan fingerprint density at radius 3 is 2.89 bits per heavy atom. The fourth-order valence-electron chi connectivity index (χ4n) is 2.43. The van der Waals surface area contributed by atoms with E-state index < -0.39 is 5.97 Å². The van der Waals surface area contributed by atoms with Crippen LogP contribution >= 0.6 is 0 Å². The van der Waals surface area contributed by atoms with Gasteiger partial charge in [-0.3, -0.25) is 4.79 Å². The van der Waals surface area contributed by atoms with Gasteiger partial charge in [-0.2, -0.15) is 0 Å². The molecule has 1 aliphatic rings. The minimum absolute atomic E-state index is 0.0610. The summed E-state index contributed by atoms with van der Waals surface area (Å²) in [6.07, 6.45) is 3.42. The highest BCUT2D eigenvalue weighted by Crippen LogP contribution is 2.19. The van der Waals surface area contributed by atoms with E-state index in [0.29, 0.717) is 5.92 Å². The standard InChI is InChI=1S/C14H28N2O3/c1-14(2,19-3)6-8-16-7-4-5-12(11-16)9-15-10-13(17)18/h12,15H,4-11H2,1-3H3,(H,17,18). The number of likely N-dealkylation sites (tertiary alicyclic amines) is 1. The van der Waals surface area contributed by atoms with Gasteiger partial charge in [-0.05, 0) is 52.1 Å². The van der Waals surface area contributed by atoms with Gasteiger partial charge >= 0.3 is 5.97 Å². The number of piperidine rings is 1. The van der Waals surface area contributed by atoms with Crippen LogP contribution in [-0.2, 0) is 9.53 Å². The molecule has 19 heavy (non-hydrogen) atoms. The second-order valence-electron chi connectivity index (χ2n) is 6.05. The quantitative estimate of drug-likeness (QED) is 0.695. The molecule has 1 aliphatic heterocycles. The highest BCUT2D eigenvalue weighted by molar-refractivity contribution is 5.68. The summed E-state index contributed by atoms with van der Waals surface area (Å²) in [5.74, 6) is -0.215. The summed E-state index contributed by atoms with van der Waals surface area (Å²) in [4.78, 5) is 12.9. The van der Waals surface area contributed by atoms with Gasteiger partial charge in [-0.1, -0.05) is 0 Å². The van der Waals surface area contributed by atoms with Crippen molar-refractivity contribution in [2.24, 2.45) is 5.92 Å². The molecule has 0 aliphatic carbocycles. The van der Waals surface area contributed by atoms with Crippen LogP contribution in [0.3, 0.4) is 0 Å². The zero-order valence-electron chi connectivity index (χ0n) is 12.4. The molecule has 1 fully saturated rings. The van der Waals surface area contributed by atoms with E-state index in [1.807, 2.05) is 0 Å². The molecule has 1 heterocycles. The molecule has 0 radical (unpaired) electrons. The Balaban J connectivity index is 2.24. The molecule has 0 amide bonds. The molecule has 1 atom stereocenters. The maximum absolute atomic E-state index is 10.5. The molecule has 1 rings (SSSR count). The van der Waals surface area contributed by atoms with Crippen LogP contribution in [0.1, 0.15) is 33.1 Å². The highest BCUT2D eigenvalue weighted by Gasteiger charge is 2.23. The lowest BCUT2D eigenvalue weighted by Crippen LogP contribution is -2.42. The maximum Gasteiger partial charge on any atom is 0.317 e. The minimum atomic E-state index is -0.783. The van der Waals surface area contributed by atoms with Crippen molar-refractivity contribution in [3.63, 3.8) is 0 Å². The largest absolute Gasteiger partial charge is 0.480 e. The summed E-state index contributed by atoms with van der Waals surface area (Å²) in [5.41, 5.74) is -0.0610. The van der Waals surface area contributed by atoms with Crippen LogP contribution in [0.25, 0.3) is 0 Å². The van der Waals surface area contributed by atoms with Crippen LogP contribution in [0.4, 0.5) is 0 Å². The van der Waals surface area contributed by atoms with Crippen LogP contribution in [0, 0.1) is 5.92 Å². The van der Waals surface area contributed by atoms with Crippen molar-refractivity contribution in [3.8, 4) is 0 Å². The molecule has 2 N–H and O–H groups in total. The molecule has 1 unspecified atom stereocenters. The number of ether oxygens (including phenoxy) is 1. The molecule has 0 saturated carbocycles. The van der Waals surface area contributed by atoms with E-state index in [1.165, 1.54) is 12.8 Å². The number of rotatable bonds is 8. The average molecular weight is 272 g/mol. The Morgan fingerprint density at radius 2 is 2.26 bits per heavy atom. The van der Waals surface area contributed by atoms with Gasteiger partial charge in [0.05, 0.1) is 12.1 Å². The predicted molar refractivity (Wildman–Crippen MR) is 75.4 cm³/mol. The monoisotopic (exact) mass is 272 g/mol. The molecule has 112 valence electrons. The lowest BCUT2D eigenvalue weighted by Gasteiger charge is -2.35. The number of aliphatic carboxylic acids is 1. The second-order valence-corrected chi connectivity index (χ2v) is 6.05. The third-order valence-electron chi connectivity index (χ3n) is 3.90. The summed E-state index contributed by atoms with van der Waals surface area (Å²) >= 11 is 0. The number of methoxy groups -OCH3 is 1. The van der Waals surface area contributed by atoms with Crippen LogP contribution in [-0.4, -0.2) is 61.4 Å². The third-order valence-corrected chi connectivity index (χ3v) is 3.90. The predicted octanol–water partition coefficient (Wildman–Crippen LogP) is 1.19. The van der Waals surface area contributed by atoms with Crippen LogP contribution in [0.2, 0.25) is 0 Å². The number of carbonyl (C=O) groups is 1. The third kappa shape index (κ3) is 6.89. The number of nitrogens with one attached hydrogen (secondary N) is 1. The second kappa shape index (κ2) is 7.82. The molecule has 0 aromatic rings. The topological polar surface area (TPSA) is 61.8 Å². The zero-order valence-corrected chi connectivity index (χ0v) is 12.4. The first-order valence-electron chi connectivity index (χ1n) is 7.13. The highest BCUT2D eigenvalue weighted by atomic mass is 16.5. The van der Waals surface area contributed by atoms with E-state index in [9.17, 15) is 4.79 Å². The normalized spacial score (nSPS) is 21.5. The summed E-state index contributed by atoms with van der Waals surface area (Å²) in [7, 11) is 1.76. The van der Waals surface area contributed by atoms with Crippen molar-refractivity contribution in [1.29, 1.82) is 0 Å². The van der Waals surface area contributed by atoms with Gasteiger partial charge in [0.1, 0.15) is 0 Å². The van der Waals surface area contributed by atoms with E-state index in [0.717, 1.165) is 32.6 Å². The number of hydrogen-bond donors (Lipinski definition) is 2. The molecule has 0 aromatic heterocycles.